The van der Waals surface area contributed by atoms with Crippen molar-refractivity contribution < 1.29 is 49.6 Å². The third-order valence-electron chi connectivity index (χ3n) is 6.04. The number of allylic oxidation sites excluding steroid dienone is 1. The summed E-state index contributed by atoms with van der Waals surface area (Å²) >= 11 is 0. The molecular weight excluding hydrogens is 460 g/mol. The van der Waals surface area contributed by atoms with Crippen molar-refractivity contribution in [2.75, 3.05) is 13.2 Å². The molecule has 35 heavy (non-hydrogen) atoms. The van der Waals surface area contributed by atoms with Crippen molar-refractivity contribution in [2.24, 2.45) is 5.92 Å². The standard InChI is InChI=1S/C25H42O10/c1-4-5-6-7-8-9-10-11-12-13-14-33-22-20(35-32)23(30)34-25(22,21(29)19(28)16-26)24(31,17-27)15-18(2)3/h13-14,18-19,26-28,31-32H,4-12,15-17H2,1-3H3/t19?,24-,25-/m0/s1. The van der Waals surface area contributed by atoms with Crippen LogP contribution in [-0.4, -0.2) is 68.0 Å². The number of carbonyl (C=O) groups excluding carboxylic acids is 2. The first kappa shape index (κ1) is 31.1. The minimum atomic E-state index is -2.76. The highest BCUT2D eigenvalue weighted by atomic mass is 17.1. The maximum absolute atomic E-state index is 13.2. The number of esters is 1. The summed E-state index contributed by atoms with van der Waals surface area (Å²) in [5, 5.41) is 50.1. The molecule has 0 saturated carbocycles. The largest absolute Gasteiger partial charge is 0.460 e. The van der Waals surface area contributed by atoms with Gasteiger partial charge in [0.25, 0.3) is 11.4 Å². The molecule has 1 heterocycles. The van der Waals surface area contributed by atoms with Crippen molar-refractivity contribution in [3.05, 3.63) is 23.9 Å². The summed E-state index contributed by atoms with van der Waals surface area (Å²) in [5.41, 5.74) is -5.21. The van der Waals surface area contributed by atoms with E-state index in [2.05, 4.69) is 11.8 Å². The third kappa shape index (κ3) is 7.75. The minimum absolute atomic E-state index is 0.256. The number of rotatable bonds is 19. The van der Waals surface area contributed by atoms with Gasteiger partial charge in [0, 0.05) is 0 Å². The lowest BCUT2D eigenvalue weighted by Gasteiger charge is -2.42. The predicted octanol–water partition coefficient (Wildman–Crippen LogP) is 2.74. The molecular formula is C25H42O10. The zero-order valence-corrected chi connectivity index (χ0v) is 21.1. The van der Waals surface area contributed by atoms with E-state index in [1.165, 1.54) is 32.1 Å². The van der Waals surface area contributed by atoms with Crippen LogP contribution in [0.15, 0.2) is 23.9 Å². The molecule has 0 radical (unpaired) electrons. The zero-order valence-electron chi connectivity index (χ0n) is 21.1. The Labute approximate surface area is 207 Å². The van der Waals surface area contributed by atoms with Crippen molar-refractivity contribution in [1.82, 2.24) is 0 Å². The lowest BCUT2D eigenvalue weighted by atomic mass is 9.72. The molecule has 1 aliphatic rings. The summed E-state index contributed by atoms with van der Waals surface area (Å²) in [6.07, 6.45) is 10.2. The van der Waals surface area contributed by atoms with Gasteiger partial charge in [-0.2, -0.15) is 0 Å². The summed E-state index contributed by atoms with van der Waals surface area (Å²) in [5.74, 6) is -4.60. The summed E-state index contributed by atoms with van der Waals surface area (Å²) in [6, 6.07) is 0. The molecule has 0 aromatic rings. The van der Waals surface area contributed by atoms with Gasteiger partial charge in [-0.3, -0.25) is 4.79 Å². The fourth-order valence-corrected chi connectivity index (χ4v) is 4.29. The van der Waals surface area contributed by atoms with Crippen molar-refractivity contribution in [3.63, 3.8) is 0 Å². The Morgan fingerprint density at radius 2 is 1.71 bits per heavy atom. The van der Waals surface area contributed by atoms with Crippen LogP contribution in [0.5, 0.6) is 0 Å². The Kier molecular flexibility index (Phi) is 13.5. The quantitative estimate of drug-likeness (QED) is 0.0583. The second kappa shape index (κ2) is 15.2. The van der Waals surface area contributed by atoms with Crippen LogP contribution in [0.4, 0.5) is 0 Å². The van der Waals surface area contributed by atoms with Gasteiger partial charge < -0.3 is 34.8 Å². The second-order valence-corrected chi connectivity index (χ2v) is 9.42. The van der Waals surface area contributed by atoms with Crippen LogP contribution in [0, 0.1) is 5.92 Å². The Balaban J connectivity index is 3.08. The Hall–Kier alpha value is -1.98. The second-order valence-electron chi connectivity index (χ2n) is 9.42. The predicted molar refractivity (Wildman–Crippen MR) is 127 cm³/mol. The van der Waals surface area contributed by atoms with E-state index in [4.69, 9.17) is 9.47 Å². The molecule has 10 nitrogen and oxygen atoms in total. The van der Waals surface area contributed by atoms with Crippen LogP contribution in [0.2, 0.25) is 0 Å². The molecule has 1 unspecified atom stereocenters. The smallest absolute Gasteiger partial charge is 0.383 e. The summed E-state index contributed by atoms with van der Waals surface area (Å²) in [7, 11) is 0. The highest BCUT2D eigenvalue weighted by Crippen LogP contribution is 2.46. The maximum Gasteiger partial charge on any atom is 0.383 e. The first-order valence-corrected chi connectivity index (χ1v) is 12.4. The Bertz CT molecular complexity index is 732. The van der Waals surface area contributed by atoms with E-state index in [1.807, 2.05) is 0 Å². The lowest BCUT2D eigenvalue weighted by molar-refractivity contribution is -0.214. The molecule has 0 spiro atoms. The van der Waals surface area contributed by atoms with Gasteiger partial charge in [0.05, 0.1) is 19.5 Å². The van der Waals surface area contributed by atoms with Gasteiger partial charge in [-0.1, -0.05) is 65.7 Å². The fraction of sp³-hybridized carbons (Fsp3) is 0.760. The normalized spacial score (nSPS) is 20.9. The average Bonchev–Trinajstić information content (AvgIpc) is 3.13. The van der Waals surface area contributed by atoms with Crippen molar-refractivity contribution in [2.45, 2.75) is 102 Å². The van der Waals surface area contributed by atoms with Gasteiger partial charge in [0.2, 0.25) is 11.5 Å². The van der Waals surface area contributed by atoms with E-state index >= 15 is 0 Å². The highest BCUT2D eigenvalue weighted by Gasteiger charge is 2.69. The third-order valence-corrected chi connectivity index (χ3v) is 6.04. The summed E-state index contributed by atoms with van der Waals surface area (Å²) < 4.78 is 10.7. The molecule has 0 amide bonds. The summed E-state index contributed by atoms with van der Waals surface area (Å²) in [6.45, 7) is 3.45. The average molecular weight is 503 g/mol. The van der Waals surface area contributed by atoms with Crippen LogP contribution in [0.25, 0.3) is 0 Å². The number of hydrogen-bond donors (Lipinski definition) is 5. The molecule has 202 valence electrons. The van der Waals surface area contributed by atoms with Gasteiger partial charge in [0.15, 0.2) is 0 Å². The van der Waals surface area contributed by atoms with Crippen molar-refractivity contribution in [1.29, 1.82) is 0 Å². The number of carbonyl (C=O) groups is 2. The van der Waals surface area contributed by atoms with Crippen LogP contribution in [-0.2, 0) is 24.0 Å². The van der Waals surface area contributed by atoms with E-state index in [9.17, 15) is 35.3 Å². The van der Waals surface area contributed by atoms with Crippen molar-refractivity contribution in [3.8, 4) is 0 Å². The number of ether oxygens (including phenoxy) is 2. The van der Waals surface area contributed by atoms with Gasteiger partial charge >= 0.3 is 5.97 Å². The first-order chi connectivity index (χ1) is 16.6. The molecule has 0 aliphatic carbocycles. The van der Waals surface area contributed by atoms with Crippen LogP contribution >= 0.6 is 0 Å². The van der Waals surface area contributed by atoms with E-state index in [0.717, 1.165) is 25.5 Å². The molecule has 0 fully saturated rings. The number of unbranched alkanes of at least 4 members (excludes halogenated alkanes) is 8. The summed E-state index contributed by atoms with van der Waals surface area (Å²) in [4.78, 5) is 29.7. The molecule has 10 heteroatoms. The molecule has 0 aromatic heterocycles. The topological polar surface area (TPSA) is 163 Å². The molecule has 5 N–H and O–H groups in total. The Morgan fingerprint density at radius 1 is 1.11 bits per heavy atom. The van der Waals surface area contributed by atoms with Gasteiger partial charge in [-0.25, -0.2) is 10.1 Å². The van der Waals surface area contributed by atoms with Gasteiger partial charge in [-0.05, 0) is 31.3 Å². The molecule has 0 bridgehead atoms. The van der Waals surface area contributed by atoms with Crippen molar-refractivity contribution >= 4 is 11.8 Å². The van der Waals surface area contributed by atoms with E-state index in [-0.39, 0.29) is 12.3 Å². The zero-order chi connectivity index (χ0) is 26.5. The molecule has 3 atom stereocenters. The van der Waals surface area contributed by atoms with Crippen LogP contribution < -0.4 is 0 Å². The molecule has 1 rings (SSSR count). The van der Waals surface area contributed by atoms with Gasteiger partial charge in [-0.15, -0.1) is 0 Å². The van der Waals surface area contributed by atoms with Gasteiger partial charge in [0.1, 0.15) is 11.7 Å². The van der Waals surface area contributed by atoms with Crippen LogP contribution in [0.3, 0.4) is 0 Å². The first-order valence-electron chi connectivity index (χ1n) is 12.4. The minimum Gasteiger partial charge on any atom is -0.460 e. The SMILES string of the molecule is CCCCCCCCCCC=COC1=C(OO)C(=O)O[C@]1(C(=O)C(O)CO)[C@@](O)(CO)CC(C)C. The van der Waals surface area contributed by atoms with E-state index < -0.39 is 53.8 Å². The molecule has 0 saturated heterocycles. The Morgan fingerprint density at radius 3 is 2.23 bits per heavy atom. The monoisotopic (exact) mass is 502 g/mol. The molecule has 1 aliphatic heterocycles. The van der Waals surface area contributed by atoms with Crippen LogP contribution in [0.1, 0.15) is 85.0 Å². The fourth-order valence-electron chi connectivity index (χ4n) is 4.29. The van der Waals surface area contributed by atoms with E-state index in [0.29, 0.717) is 6.42 Å². The highest BCUT2D eigenvalue weighted by molar-refractivity contribution is 6.03. The number of aliphatic hydroxyl groups excluding tert-OH is 3. The lowest BCUT2D eigenvalue weighted by Crippen LogP contribution is -2.66. The maximum atomic E-state index is 13.2. The number of cyclic esters (lactones) is 1. The number of hydrogen-bond acceptors (Lipinski definition) is 10. The molecule has 0 aromatic carbocycles. The number of ketones is 1. The number of aliphatic hydroxyl groups is 4. The van der Waals surface area contributed by atoms with E-state index in [1.54, 1.807) is 19.9 Å². The number of Topliss-reactive ketones (excluding diaryl/α,β-unsaturated/α-hetero) is 1.